The molecule has 1 aromatic heterocycles. The zero-order valence-electron chi connectivity index (χ0n) is 19.6. The highest BCUT2D eigenvalue weighted by Crippen LogP contribution is 2.29. The quantitative estimate of drug-likeness (QED) is 0.315. The van der Waals surface area contributed by atoms with Crippen LogP contribution in [0.3, 0.4) is 0 Å². The van der Waals surface area contributed by atoms with E-state index < -0.39 is 0 Å². The van der Waals surface area contributed by atoms with Crippen molar-refractivity contribution in [2.75, 3.05) is 39.3 Å². The van der Waals surface area contributed by atoms with E-state index in [1.807, 2.05) is 12.1 Å². The molecule has 0 amide bonds. The van der Waals surface area contributed by atoms with Crippen molar-refractivity contribution < 1.29 is 5.11 Å². The van der Waals surface area contributed by atoms with Crippen molar-refractivity contribution in [2.24, 2.45) is 0 Å². The van der Waals surface area contributed by atoms with Crippen molar-refractivity contribution in [1.82, 2.24) is 14.4 Å². The van der Waals surface area contributed by atoms with Crippen LogP contribution in [0.5, 0.6) is 5.75 Å². The molecule has 0 spiro atoms. The number of piperazine rings is 1. The second-order valence-corrected chi connectivity index (χ2v) is 9.03. The largest absolute Gasteiger partial charge is 0.508 e. The molecule has 5 heteroatoms. The minimum atomic E-state index is 0. The number of rotatable bonds is 8. The molecule has 1 fully saturated rings. The molecule has 1 aliphatic heterocycles. The zero-order valence-corrected chi connectivity index (χ0v) is 20.5. The van der Waals surface area contributed by atoms with Crippen molar-refractivity contribution in [3.63, 3.8) is 0 Å². The number of phenols is 1. The second-order valence-electron chi connectivity index (χ2n) is 9.03. The average Bonchev–Trinajstić information content (AvgIpc) is 3.17. The van der Waals surface area contributed by atoms with Crippen LogP contribution < -0.4 is 0 Å². The maximum atomic E-state index is 9.57. The minimum absolute atomic E-state index is 0. The van der Waals surface area contributed by atoms with Gasteiger partial charge in [0.1, 0.15) is 5.75 Å². The molecule has 0 atom stereocenters. The first kappa shape index (κ1) is 24.3. The number of hydrogen-bond donors (Lipinski definition) is 1. The molecule has 1 saturated heterocycles. The third-order valence-corrected chi connectivity index (χ3v) is 6.79. The van der Waals surface area contributed by atoms with E-state index in [0.717, 1.165) is 44.8 Å². The summed E-state index contributed by atoms with van der Waals surface area (Å²) in [6.07, 6.45) is 6.74. The van der Waals surface area contributed by atoms with Gasteiger partial charge in [-0.15, -0.1) is 12.4 Å². The molecule has 0 saturated carbocycles. The lowest BCUT2D eigenvalue weighted by Gasteiger charge is -2.34. The van der Waals surface area contributed by atoms with E-state index in [0.29, 0.717) is 5.75 Å². The molecule has 178 valence electrons. The standard InChI is InChI=1S/C29H33N3O.ClH/c33-25-11-7-9-24(23-25)10-8-17-31-21-19-30(20-22-31)16-5-6-18-32-28-14-3-1-12-26(28)27-13-2-4-15-29(27)32;/h1-4,7-15,23,33H,5-6,16-22H2;1H/b10-8+;. The predicted molar refractivity (Wildman–Crippen MR) is 146 cm³/mol. The van der Waals surface area contributed by atoms with E-state index in [1.165, 1.54) is 41.2 Å². The Morgan fingerprint density at radius 1 is 0.706 bits per heavy atom. The smallest absolute Gasteiger partial charge is 0.116 e. The highest BCUT2D eigenvalue weighted by atomic mass is 35.5. The number of halogens is 1. The van der Waals surface area contributed by atoms with Gasteiger partial charge in [-0.2, -0.15) is 0 Å². The Hall–Kier alpha value is -2.79. The third-order valence-electron chi connectivity index (χ3n) is 6.79. The van der Waals surface area contributed by atoms with Crippen LogP contribution in [0.2, 0.25) is 0 Å². The number of nitrogens with zero attached hydrogens (tertiary/aromatic N) is 3. The fraction of sp³-hybridized carbons (Fsp3) is 0.310. The lowest BCUT2D eigenvalue weighted by molar-refractivity contribution is 0.140. The lowest BCUT2D eigenvalue weighted by Crippen LogP contribution is -2.46. The maximum Gasteiger partial charge on any atom is 0.116 e. The number of aromatic hydroxyl groups is 1. The van der Waals surface area contributed by atoms with Gasteiger partial charge in [0.25, 0.3) is 0 Å². The molecule has 34 heavy (non-hydrogen) atoms. The normalized spacial score (nSPS) is 15.3. The van der Waals surface area contributed by atoms with E-state index >= 15 is 0 Å². The minimum Gasteiger partial charge on any atom is -0.508 e. The summed E-state index contributed by atoms with van der Waals surface area (Å²) in [6, 6.07) is 25.0. The first-order chi connectivity index (χ1) is 16.3. The molecule has 0 aliphatic carbocycles. The van der Waals surface area contributed by atoms with E-state index in [1.54, 1.807) is 12.1 Å². The van der Waals surface area contributed by atoms with Gasteiger partial charge in [0.15, 0.2) is 0 Å². The number of aromatic nitrogens is 1. The van der Waals surface area contributed by atoms with Gasteiger partial charge in [-0.3, -0.25) is 4.90 Å². The number of fused-ring (bicyclic) bond motifs is 3. The van der Waals surface area contributed by atoms with E-state index in [4.69, 9.17) is 0 Å². The number of benzene rings is 3. The summed E-state index contributed by atoms with van der Waals surface area (Å²) in [5.41, 5.74) is 3.76. The van der Waals surface area contributed by atoms with Gasteiger partial charge < -0.3 is 14.6 Å². The van der Waals surface area contributed by atoms with Crippen LogP contribution in [0.4, 0.5) is 0 Å². The van der Waals surface area contributed by atoms with Crippen LogP contribution in [-0.2, 0) is 6.54 Å². The summed E-state index contributed by atoms with van der Waals surface area (Å²) >= 11 is 0. The summed E-state index contributed by atoms with van der Waals surface area (Å²) in [4.78, 5) is 5.12. The second kappa shape index (κ2) is 11.6. The van der Waals surface area contributed by atoms with Crippen LogP contribution in [0.15, 0.2) is 78.9 Å². The molecule has 4 aromatic rings. The molecule has 4 nitrogen and oxygen atoms in total. The molecular weight excluding hydrogens is 442 g/mol. The number of unbranched alkanes of at least 4 members (excludes halogenated alkanes) is 1. The SMILES string of the molecule is Cl.Oc1cccc(/C=C/CN2CCN(CCCCn3c4ccccc4c4ccccc43)CC2)c1. The van der Waals surface area contributed by atoms with Gasteiger partial charge in [0.05, 0.1) is 0 Å². The summed E-state index contributed by atoms with van der Waals surface area (Å²) in [5.74, 6) is 0.323. The lowest BCUT2D eigenvalue weighted by atomic mass is 10.2. The number of hydrogen-bond acceptors (Lipinski definition) is 3. The number of phenolic OH excluding ortho intramolecular Hbond substituents is 1. The molecule has 3 aromatic carbocycles. The Kier molecular flexibility index (Phi) is 8.28. The van der Waals surface area contributed by atoms with Crippen molar-refractivity contribution in [3.05, 3.63) is 84.4 Å². The van der Waals surface area contributed by atoms with Crippen LogP contribution >= 0.6 is 12.4 Å². The Balaban J connectivity index is 0.00000274. The summed E-state index contributed by atoms with van der Waals surface area (Å²) < 4.78 is 2.50. The fourth-order valence-corrected chi connectivity index (χ4v) is 5.01. The Labute approximate surface area is 208 Å². The summed E-state index contributed by atoms with van der Waals surface area (Å²) in [5, 5.41) is 12.3. The monoisotopic (exact) mass is 475 g/mol. The van der Waals surface area contributed by atoms with E-state index in [-0.39, 0.29) is 12.4 Å². The van der Waals surface area contributed by atoms with Gasteiger partial charge in [-0.25, -0.2) is 0 Å². The van der Waals surface area contributed by atoms with Crippen molar-refractivity contribution in [1.29, 1.82) is 0 Å². The number of para-hydroxylation sites is 2. The third kappa shape index (κ3) is 5.64. The van der Waals surface area contributed by atoms with Crippen LogP contribution in [0.1, 0.15) is 18.4 Å². The highest BCUT2D eigenvalue weighted by molar-refractivity contribution is 6.07. The molecule has 5 rings (SSSR count). The molecule has 2 heterocycles. The van der Waals surface area contributed by atoms with Crippen molar-refractivity contribution in [2.45, 2.75) is 19.4 Å². The molecule has 0 unspecified atom stereocenters. The predicted octanol–water partition coefficient (Wildman–Crippen LogP) is 6.03. The van der Waals surface area contributed by atoms with Crippen LogP contribution in [-0.4, -0.2) is 58.7 Å². The Bertz CT molecular complexity index is 1190. The number of aryl methyl sites for hydroxylation is 1. The van der Waals surface area contributed by atoms with Gasteiger partial charge in [0, 0.05) is 61.1 Å². The van der Waals surface area contributed by atoms with Crippen molar-refractivity contribution >= 4 is 40.3 Å². The summed E-state index contributed by atoms with van der Waals surface area (Å²) in [7, 11) is 0. The Morgan fingerprint density at radius 3 is 2.00 bits per heavy atom. The zero-order chi connectivity index (χ0) is 22.5. The van der Waals surface area contributed by atoms with Crippen LogP contribution in [0.25, 0.3) is 27.9 Å². The molecule has 0 bridgehead atoms. The molecular formula is C29H34ClN3O. The topological polar surface area (TPSA) is 31.6 Å². The summed E-state index contributed by atoms with van der Waals surface area (Å²) in [6.45, 7) is 7.77. The van der Waals surface area contributed by atoms with E-state index in [2.05, 4.69) is 75.0 Å². The maximum absolute atomic E-state index is 9.57. The molecule has 0 radical (unpaired) electrons. The van der Waals surface area contributed by atoms with Crippen molar-refractivity contribution in [3.8, 4) is 5.75 Å². The molecule has 1 aliphatic rings. The van der Waals surface area contributed by atoms with Gasteiger partial charge in [0.2, 0.25) is 0 Å². The average molecular weight is 476 g/mol. The van der Waals surface area contributed by atoms with Gasteiger partial charge >= 0.3 is 0 Å². The van der Waals surface area contributed by atoms with E-state index in [9.17, 15) is 5.11 Å². The highest BCUT2D eigenvalue weighted by Gasteiger charge is 2.15. The van der Waals surface area contributed by atoms with Crippen LogP contribution in [0, 0.1) is 0 Å². The van der Waals surface area contributed by atoms with Gasteiger partial charge in [-0.1, -0.05) is 60.7 Å². The molecule has 1 N–H and O–H groups in total. The fourth-order valence-electron chi connectivity index (χ4n) is 5.01. The van der Waals surface area contributed by atoms with Gasteiger partial charge in [-0.05, 0) is 49.2 Å². The first-order valence-corrected chi connectivity index (χ1v) is 12.1. The first-order valence-electron chi connectivity index (χ1n) is 12.1. The Morgan fingerprint density at radius 2 is 1.32 bits per heavy atom.